The molecule has 0 bridgehead atoms. The Hall–Kier alpha value is -2.94. The van der Waals surface area contributed by atoms with Gasteiger partial charge in [0, 0.05) is 5.56 Å². The highest BCUT2D eigenvalue weighted by atomic mass is 32.2. The molecule has 26 heavy (non-hydrogen) atoms. The number of benzene rings is 2. The van der Waals surface area contributed by atoms with Gasteiger partial charge in [0.1, 0.15) is 17.4 Å². The van der Waals surface area contributed by atoms with Gasteiger partial charge in [0.2, 0.25) is 17.4 Å². The van der Waals surface area contributed by atoms with Crippen molar-refractivity contribution in [1.29, 1.82) is 0 Å². The van der Waals surface area contributed by atoms with Gasteiger partial charge in [-0.25, -0.2) is 8.78 Å². The largest absolute Gasteiger partial charge is 0.460 e. The summed E-state index contributed by atoms with van der Waals surface area (Å²) in [6, 6.07) is 10.1. The van der Waals surface area contributed by atoms with Crippen LogP contribution in [0, 0.1) is 11.6 Å². The standard InChI is InChI=1S/C17H13F2NO5S/c18-11-6-7-13(19)12(8-11)15-14(21)16(17(20)24-15)25-26(22,23)9-10-4-2-1-3-5-10/h1-8,15H,9,20H2/t15-/m0/s1/i15D. The molecule has 0 aliphatic carbocycles. The highest BCUT2D eigenvalue weighted by Crippen LogP contribution is 2.34. The molecule has 136 valence electrons. The number of halogens is 2. The minimum atomic E-state index is -4.32. The molecule has 0 amide bonds. The van der Waals surface area contributed by atoms with Crippen molar-refractivity contribution in [2.24, 2.45) is 5.73 Å². The van der Waals surface area contributed by atoms with Crippen LogP contribution in [0.5, 0.6) is 0 Å². The second-order valence-electron chi connectivity index (χ2n) is 5.35. The molecule has 0 aromatic heterocycles. The van der Waals surface area contributed by atoms with Gasteiger partial charge in [0.15, 0.2) is 6.08 Å². The monoisotopic (exact) mass is 382 g/mol. The fraction of sp³-hybridized carbons (Fsp3) is 0.118. The molecule has 9 heteroatoms. The summed E-state index contributed by atoms with van der Waals surface area (Å²) in [5.74, 6) is -5.71. The van der Waals surface area contributed by atoms with Crippen LogP contribution in [0.25, 0.3) is 0 Å². The molecular weight excluding hydrogens is 368 g/mol. The van der Waals surface area contributed by atoms with E-state index in [1.807, 2.05) is 0 Å². The van der Waals surface area contributed by atoms with Crippen LogP contribution in [0.1, 0.15) is 18.6 Å². The first kappa shape index (κ1) is 16.5. The van der Waals surface area contributed by atoms with Crippen molar-refractivity contribution in [3.8, 4) is 0 Å². The van der Waals surface area contributed by atoms with Crippen LogP contribution < -0.4 is 5.73 Å². The number of Topliss-reactive ketones (excluding diaryl/α,β-unsaturated/α-hetero) is 1. The van der Waals surface area contributed by atoms with E-state index in [1.54, 1.807) is 18.2 Å². The van der Waals surface area contributed by atoms with E-state index in [1.165, 1.54) is 12.1 Å². The van der Waals surface area contributed by atoms with E-state index in [9.17, 15) is 22.0 Å². The third-order valence-corrected chi connectivity index (χ3v) is 4.53. The first-order valence-corrected chi connectivity index (χ1v) is 8.85. The lowest BCUT2D eigenvalue weighted by Gasteiger charge is -2.11. The summed E-state index contributed by atoms with van der Waals surface area (Å²) in [4.78, 5) is 12.5. The fourth-order valence-corrected chi connectivity index (χ4v) is 3.35. The second-order valence-corrected chi connectivity index (χ2v) is 6.92. The number of hydrogen-bond donors (Lipinski definition) is 1. The van der Waals surface area contributed by atoms with Gasteiger partial charge in [-0.1, -0.05) is 30.3 Å². The van der Waals surface area contributed by atoms with Crippen LogP contribution in [0.4, 0.5) is 8.78 Å². The Labute approximate surface area is 149 Å². The lowest BCUT2D eigenvalue weighted by atomic mass is 10.1. The van der Waals surface area contributed by atoms with Crippen molar-refractivity contribution < 1.29 is 32.3 Å². The molecule has 0 fully saturated rings. The SMILES string of the molecule is [2H][C@@]1(c2cc(F)ccc2F)OC(N)=C(OS(=O)(=O)Cc2ccccc2)C1=O. The van der Waals surface area contributed by atoms with Crippen LogP contribution in [-0.2, 0) is 29.6 Å². The first-order chi connectivity index (χ1) is 12.6. The molecule has 0 saturated carbocycles. The quantitative estimate of drug-likeness (QED) is 0.797. The molecule has 1 atom stereocenters. The van der Waals surface area contributed by atoms with Crippen molar-refractivity contribution in [2.75, 3.05) is 0 Å². The number of rotatable bonds is 5. The summed E-state index contributed by atoms with van der Waals surface area (Å²) in [6.07, 6.45) is -2.80. The molecule has 1 aliphatic rings. The van der Waals surface area contributed by atoms with Gasteiger partial charge in [0.05, 0.1) is 1.37 Å². The Morgan fingerprint density at radius 2 is 1.88 bits per heavy atom. The van der Waals surface area contributed by atoms with Gasteiger partial charge in [-0.05, 0) is 23.8 Å². The molecule has 3 rings (SSSR count). The van der Waals surface area contributed by atoms with Gasteiger partial charge in [-0.15, -0.1) is 0 Å². The summed E-state index contributed by atoms with van der Waals surface area (Å²) in [5.41, 5.74) is 5.11. The Kier molecular flexibility index (Phi) is 4.29. The van der Waals surface area contributed by atoms with E-state index in [2.05, 4.69) is 0 Å². The average molecular weight is 382 g/mol. The molecule has 0 unspecified atom stereocenters. The van der Waals surface area contributed by atoms with Crippen LogP contribution in [-0.4, -0.2) is 14.2 Å². The number of ether oxygens (including phenoxy) is 1. The minimum absolute atomic E-state index is 0.386. The third-order valence-electron chi connectivity index (χ3n) is 3.42. The summed E-state index contributed by atoms with van der Waals surface area (Å²) >= 11 is 0. The van der Waals surface area contributed by atoms with Gasteiger partial charge >= 0.3 is 10.1 Å². The maximum absolute atomic E-state index is 14.0. The lowest BCUT2D eigenvalue weighted by Crippen LogP contribution is -2.17. The highest BCUT2D eigenvalue weighted by Gasteiger charge is 2.40. The van der Waals surface area contributed by atoms with Crippen molar-refractivity contribution in [3.05, 3.63) is 82.9 Å². The summed E-state index contributed by atoms with van der Waals surface area (Å²) in [5, 5.41) is 0. The Bertz CT molecular complexity index is 1040. The third kappa shape index (κ3) is 3.67. The van der Waals surface area contributed by atoms with Crippen molar-refractivity contribution >= 4 is 15.9 Å². The van der Waals surface area contributed by atoms with Crippen LogP contribution in [0.2, 0.25) is 0 Å². The van der Waals surface area contributed by atoms with Crippen molar-refractivity contribution in [1.82, 2.24) is 0 Å². The average Bonchev–Trinajstić information content (AvgIpc) is 2.81. The number of hydrogen-bond acceptors (Lipinski definition) is 6. The molecule has 6 nitrogen and oxygen atoms in total. The summed E-state index contributed by atoms with van der Waals surface area (Å²) < 4.78 is 69.5. The summed E-state index contributed by atoms with van der Waals surface area (Å²) in [6.45, 7) is 0. The molecule has 0 saturated heterocycles. The van der Waals surface area contributed by atoms with E-state index in [0.717, 1.165) is 6.07 Å². The zero-order valence-electron chi connectivity index (χ0n) is 14.1. The van der Waals surface area contributed by atoms with E-state index in [4.69, 9.17) is 16.0 Å². The Balaban J connectivity index is 1.88. The molecular formula is C17H13F2NO5S. The predicted octanol–water partition coefficient (Wildman–Crippen LogP) is 2.28. The zero-order chi connectivity index (χ0) is 19.8. The van der Waals surface area contributed by atoms with Gasteiger partial charge in [0.25, 0.3) is 0 Å². The van der Waals surface area contributed by atoms with E-state index in [0.29, 0.717) is 17.7 Å². The van der Waals surface area contributed by atoms with Crippen molar-refractivity contribution in [3.63, 3.8) is 0 Å². The Morgan fingerprint density at radius 3 is 2.58 bits per heavy atom. The maximum Gasteiger partial charge on any atom is 0.313 e. The molecule has 1 heterocycles. The highest BCUT2D eigenvalue weighted by molar-refractivity contribution is 7.86. The fourth-order valence-electron chi connectivity index (χ4n) is 2.28. The van der Waals surface area contributed by atoms with E-state index >= 15 is 0 Å². The smallest absolute Gasteiger partial charge is 0.313 e. The van der Waals surface area contributed by atoms with Crippen molar-refractivity contribution in [2.45, 2.75) is 11.8 Å². The van der Waals surface area contributed by atoms with Gasteiger partial charge in [-0.2, -0.15) is 8.42 Å². The number of carbonyl (C=O) groups excluding carboxylic acids is 1. The Morgan fingerprint density at radius 1 is 1.19 bits per heavy atom. The van der Waals surface area contributed by atoms with Crippen LogP contribution in [0.3, 0.4) is 0 Å². The number of nitrogens with two attached hydrogens (primary N) is 1. The second kappa shape index (κ2) is 6.75. The molecule has 0 radical (unpaired) electrons. The topological polar surface area (TPSA) is 95.7 Å². The number of ketones is 1. The molecule has 2 N–H and O–H groups in total. The van der Waals surface area contributed by atoms with E-state index < -0.39 is 56.6 Å². The lowest BCUT2D eigenvalue weighted by molar-refractivity contribution is -0.123. The maximum atomic E-state index is 14.0. The minimum Gasteiger partial charge on any atom is -0.460 e. The summed E-state index contributed by atoms with van der Waals surface area (Å²) in [7, 11) is -4.32. The molecule has 2 aromatic rings. The van der Waals surface area contributed by atoms with Crippen LogP contribution in [0.15, 0.2) is 60.2 Å². The zero-order valence-corrected chi connectivity index (χ0v) is 13.9. The molecule has 0 spiro atoms. The molecule has 1 aliphatic heterocycles. The van der Waals surface area contributed by atoms with E-state index in [-0.39, 0.29) is 0 Å². The van der Waals surface area contributed by atoms with Crippen LogP contribution >= 0.6 is 0 Å². The first-order valence-electron chi connectivity index (χ1n) is 7.77. The van der Waals surface area contributed by atoms with Gasteiger partial charge < -0.3 is 14.7 Å². The molecule has 2 aromatic carbocycles. The van der Waals surface area contributed by atoms with Gasteiger partial charge in [-0.3, -0.25) is 4.79 Å². The number of carbonyl (C=O) groups is 1. The predicted molar refractivity (Wildman–Crippen MR) is 86.6 cm³/mol. The normalized spacial score (nSPS) is 20.7.